The predicted octanol–water partition coefficient (Wildman–Crippen LogP) is 8.95. The minimum Gasteiger partial charge on any atom is -0.462 e. The number of anilines is 1. The number of esters is 1. The Morgan fingerprint density at radius 3 is 2.30 bits per heavy atom. The highest BCUT2D eigenvalue weighted by Crippen LogP contribution is 2.40. The number of unbranched alkanes of at least 4 members (excludes halogenated alkanes) is 1. The lowest BCUT2D eigenvalue weighted by Gasteiger charge is -2.40. The molecule has 0 unspecified atom stereocenters. The number of halogens is 1. The van der Waals surface area contributed by atoms with Crippen LogP contribution in [0.5, 0.6) is 0 Å². The summed E-state index contributed by atoms with van der Waals surface area (Å²) in [6, 6.07) is 8.57. The van der Waals surface area contributed by atoms with Crippen molar-refractivity contribution in [3.05, 3.63) is 74.8 Å². The van der Waals surface area contributed by atoms with Crippen molar-refractivity contribution in [2.45, 2.75) is 112 Å². The molecule has 0 saturated carbocycles. The third-order valence-electron chi connectivity index (χ3n) is 9.10. The van der Waals surface area contributed by atoms with Gasteiger partial charge in [-0.05, 0) is 84.8 Å². The molecular formula is C37H53FN2O5Si. The Bertz CT molecular complexity index is 1630. The monoisotopic (exact) mass is 652 g/mol. The van der Waals surface area contributed by atoms with Crippen LogP contribution < -0.4 is 10.7 Å². The van der Waals surface area contributed by atoms with Gasteiger partial charge < -0.3 is 19.0 Å². The second kappa shape index (κ2) is 14.6. The molecule has 0 spiro atoms. The number of ether oxygens (including phenoxy) is 1. The average Bonchev–Trinajstić information content (AvgIpc) is 2.94. The summed E-state index contributed by atoms with van der Waals surface area (Å²) in [6.07, 6.45) is 3.89. The van der Waals surface area contributed by atoms with E-state index >= 15 is 4.39 Å². The molecule has 9 heteroatoms. The zero-order valence-electron chi connectivity index (χ0n) is 29.7. The standard InChI is InChI=1S/C37H53FN2O5Si/c1-12-14-15-32(41)39-27-18-24(3)33(38)26(21-27)19-25-16-17-30-28(20-25)34(42)29(35(43)44-13-2)22-40(30)31(36(4,5)6)23-45-46(10,11)37(7,8)9/h16-18,20-22,31H,12-15,19,23H2,1-11H3,(H,39,41)/t31-/m1/s1. The van der Waals surface area contributed by atoms with Gasteiger partial charge in [-0.25, -0.2) is 9.18 Å². The van der Waals surface area contributed by atoms with Crippen molar-refractivity contribution in [1.29, 1.82) is 0 Å². The number of rotatable bonds is 12. The Kier molecular flexibility index (Phi) is 11.8. The molecule has 1 amide bonds. The first kappa shape index (κ1) is 37.2. The Morgan fingerprint density at radius 2 is 1.72 bits per heavy atom. The molecule has 1 aromatic heterocycles. The molecule has 46 heavy (non-hydrogen) atoms. The van der Waals surface area contributed by atoms with Gasteiger partial charge in [0.2, 0.25) is 11.3 Å². The number of aromatic nitrogens is 1. The first-order valence-electron chi connectivity index (χ1n) is 16.4. The normalized spacial score (nSPS) is 13.1. The predicted molar refractivity (Wildman–Crippen MR) is 188 cm³/mol. The first-order valence-corrected chi connectivity index (χ1v) is 19.3. The number of amides is 1. The fourth-order valence-electron chi connectivity index (χ4n) is 5.20. The number of carbonyl (C=O) groups excluding carboxylic acids is 2. The third-order valence-corrected chi connectivity index (χ3v) is 13.6. The molecular weight excluding hydrogens is 600 g/mol. The van der Waals surface area contributed by atoms with Gasteiger partial charge in [0.05, 0.1) is 24.8 Å². The van der Waals surface area contributed by atoms with Crippen LogP contribution in [0.4, 0.5) is 10.1 Å². The second-order valence-electron chi connectivity index (χ2n) is 14.9. The van der Waals surface area contributed by atoms with Crippen molar-refractivity contribution in [2.75, 3.05) is 18.5 Å². The van der Waals surface area contributed by atoms with E-state index in [1.165, 1.54) is 0 Å². The van der Waals surface area contributed by atoms with Gasteiger partial charge in [0.25, 0.3) is 0 Å². The topological polar surface area (TPSA) is 86.6 Å². The summed E-state index contributed by atoms with van der Waals surface area (Å²) < 4.78 is 29.4. The number of fused-ring (bicyclic) bond motifs is 1. The summed E-state index contributed by atoms with van der Waals surface area (Å²) in [4.78, 5) is 39.3. The van der Waals surface area contributed by atoms with Gasteiger partial charge in [-0.15, -0.1) is 0 Å². The molecule has 1 heterocycles. The molecule has 1 N–H and O–H groups in total. The van der Waals surface area contributed by atoms with Gasteiger partial charge in [0.1, 0.15) is 11.4 Å². The molecule has 0 aliphatic carbocycles. The maximum atomic E-state index is 15.4. The molecule has 0 bridgehead atoms. The first-order chi connectivity index (χ1) is 21.3. The number of benzene rings is 2. The van der Waals surface area contributed by atoms with Crippen molar-refractivity contribution in [3.8, 4) is 0 Å². The lowest BCUT2D eigenvalue weighted by molar-refractivity contribution is -0.116. The second-order valence-corrected chi connectivity index (χ2v) is 19.7. The smallest absolute Gasteiger partial charge is 0.343 e. The van der Waals surface area contributed by atoms with Crippen LogP contribution >= 0.6 is 0 Å². The third kappa shape index (κ3) is 8.73. The molecule has 3 rings (SSSR count). The van der Waals surface area contributed by atoms with Crippen LogP contribution in [0.3, 0.4) is 0 Å². The summed E-state index contributed by atoms with van der Waals surface area (Å²) in [5.41, 5.74) is 1.96. The number of nitrogens with one attached hydrogen (secondary N) is 1. The van der Waals surface area contributed by atoms with E-state index < -0.39 is 19.7 Å². The Balaban J connectivity index is 2.16. The maximum absolute atomic E-state index is 15.4. The molecule has 7 nitrogen and oxygen atoms in total. The van der Waals surface area contributed by atoms with Crippen LogP contribution in [0.25, 0.3) is 10.9 Å². The van der Waals surface area contributed by atoms with Crippen LogP contribution in [-0.2, 0) is 20.4 Å². The summed E-state index contributed by atoms with van der Waals surface area (Å²) in [6.45, 7) is 23.3. The van der Waals surface area contributed by atoms with Crippen molar-refractivity contribution < 1.29 is 23.1 Å². The maximum Gasteiger partial charge on any atom is 0.343 e. The molecule has 0 aliphatic heterocycles. The quantitative estimate of drug-likeness (QED) is 0.156. The lowest BCUT2D eigenvalue weighted by Crippen LogP contribution is -2.43. The summed E-state index contributed by atoms with van der Waals surface area (Å²) in [5, 5.41) is 3.25. The lowest BCUT2D eigenvalue weighted by atomic mass is 9.86. The average molecular weight is 653 g/mol. The molecule has 0 saturated heterocycles. The van der Waals surface area contributed by atoms with Gasteiger partial charge in [0.15, 0.2) is 8.32 Å². The largest absolute Gasteiger partial charge is 0.462 e. The van der Waals surface area contributed by atoms with Crippen LogP contribution in [0.1, 0.15) is 108 Å². The number of hydrogen-bond acceptors (Lipinski definition) is 5. The zero-order valence-corrected chi connectivity index (χ0v) is 30.7. The van der Waals surface area contributed by atoms with E-state index in [1.54, 1.807) is 38.2 Å². The highest BCUT2D eigenvalue weighted by atomic mass is 28.4. The summed E-state index contributed by atoms with van der Waals surface area (Å²) in [5.74, 6) is -1.15. The Morgan fingerprint density at radius 1 is 1.04 bits per heavy atom. The fraction of sp³-hybridized carbons (Fsp3) is 0.541. The number of pyridine rings is 1. The van der Waals surface area contributed by atoms with E-state index in [4.69, 9.17) is 9.16 Å². The fourth-order valence-corrected chi connectivity index (χ4v) is 6.21. The van der Waals surface area contributed by atoms with Gasteiger partial charge in [0, 0.05) is 30.1 Å². The van der Waals surface area contributed by atoms with Crippen LogP contribution in [-0.4, -0.2) is 38.0 Å². The van der Waals surface area contributed by atoms with Crippen molar-refractivity contribution in [2.24, 2.45) is 5.41 Å². The molecule has 3 aromatic rings. The molecule has 0 aliphatic rings. The molecule has 1 atom stereocenters. The minimum absolute atomic E-state index is 0.00921. The minimum atomic E-state index is -2.12. The van der Waals surface area contributed by atoms with E-state index in [1.807, 2.05) is 23.6 Å². The molecule has 2 aromatic carbocycles. The highest BCUT2D eigenvalue weighted by molar-refractivity contribution is 6.74. The van der Waals surface area contributed by atoms with Gasteiger partial charge in [-0.2, -0.15) is 0 Å². The van der Waals surface area contributed by atoms with E-state index in [0.717, 1.165) is 12.8 Å². The van der Waals surface area contributed by atoms with Gasteiger partial charge in [-0.3, -0.25) is 9.59 Å². The Hall–Kier alpha value is -3.30. The number of aryl methyl sites for hydroxylation is 1. The number of hydrogen-bond donors (Lipinski definition) is 1. The van der Waals surface area contributed by atoms with Crippen LogP contribution in [0, 0.1) is 18.2 Å². The van der Waals surface area contributed by atoms with Crippen LogP contribution in [0.15, 0.2) is 41.3 Å². The highest BCUT2D eigenvalue weighted by Gasteiger charge is 2.39. The molecule has 252 valence electrons. The molecule has 0 fully saturated rings. The van der Waals surface area contributed by atoms with Gasteiger partial charge >= 0.3 is 5.97 Å². The van der Waals surface area contributed by atoms with Crippen molar-refractivity contribution >= 4 is 36.8 Å². The summed E-state index contributed by atoms with van der Waals surface area (Å²) >= 11 is 0. The Labute approximate surface area is 275 Å². The van der Waals surface area contributed by atoms with Crippen molar-refractivity contribution in [1.82, 2.24) is 4.57 Å². The van der Waals surface area contributed by atoms with E-state index in [2.05, 4.69) is 60.0 Å². The van der Waals surface area contributed by atoms with Crippen LogP contribution in [0.2, 0.25) is 18.1 Å². The van der Waals surface area contributed by atoms with E-state index in [0.29, 0.717) is 46.3 Å². The van der Waals surface area contributed by atoms with E-state index in [-0.39, 0.29) is 46.8 Å². The summed E-state index contributed by atoms with van der Waals surface area (Å²) in [7, 11) is -2.12. The van der Waals surface area contributed by atoms with Gasteiger partial charge in [-0.1, -0.05) is 61.0 Å². The van der Waals surface area contributed by atoms with E-state index in [9.17, 15) is 14.4 Å². The molecule has 0 radical (unpaired) electrons. The van der Waals surface area contributed by atoms with Crippen molar-refractivity contribution in [3.63, 3.8) is 0 Å². The number of nitrogens with zero attached hydrogens (tertiary/aromatic N) is 1. The SMILES string of the molecule is CCCCC(=O)Nc1cc(C)c(F)c(Cc2ccc3c(c2)c(=O)c(C(=O)OCC)cn3[C@H](CO[Si](C)(C)C(C)(C)C)C(C)(C)C)c1. The number of carbonyl (C=O) groups is 2. The zero-order chi connectivity index (χ0) is 34.6.